The standard InChI is InChI=1S/C18H16N2O.H2/c1-2-10-19-15(7-1)17(16-8-4-11-20-16)14-6-3-5-13-9-12-21-18(13)14;/h1-8,10-11,17,20H,9,12H2;1H. The van der Waals surface area contributed by atoms with E-state index in [1.807, 2.05) is 30.6 Å². The number of aromatic nitrogens is 2. The number of pyridine rings is 1. The molecule has 1 aliphatic heterocycles. The van der Waals surface area contributed by atoms with Gasteiger partial charge in [-0.1, -0.05) is 24.3 Å². The Kier molecular flexibility index (Phi) is 2.96. The number of hydrogen-bond donors (Lipinski definition) is 1. The van der Waals surface area contributed by atoms with Gasteiger partial charge in [0.05, 0.1) is 18.2 Å². The molecule has 1 aliphatic rings. The molecule has 3 nitrogen and oxygen atoms in total. The average Bonchev–Trinajstić information content (AvgIpc) is 3.20. The van der Waals surface area contributed by atoms with Gasteiger partial charge in [-0.25, -0.2) is 0 Å². The van der Waals surface area contributed by atoms with Crippen LogP contribution in [0.1, 0.15) is 29.9 Å². The zero-order chi connectivity index (χ0) is 14.1. The molecule has 1 atom stereocenters. The third-order valence-electron chi connectivity index (χ3n) is 3.97. The second-order valence-corrected chi connectivity index (χ2v) is 5.25. The molecule has 2 aromatic heterocycles. The van der Waals surface area contributed by atoms with Crippen molar-refractivity contribution in [2.75, 3.05) is 6.61 Å². The van der Waals surface area contributed by atoms with Crippen LogP contribution in [0, 0.1) is 0 Å². The fourth-order valence-corrected chi connectivity index (χ4v) is 3.02. The minimum absolute atomic E-state index is 0. The summed E-state index contributed by atoms with van der Waals surface area (Å²) < 4.78 is 5.89. The van der Waals surface area contributed by atoms with E-state index in [0.29, 0.717) is 0 Å². The first-order chi connectivity index (χ1) is 10.4. The molecule has 1 unspecified atom stereocenters. The van der Waals surface area contributed by atoms with Crippen molar-refractivity contribution in [1.29, 1.82) is 0 Å². The molecule has 1 aromatic carbocycles. The molecule has 0 amide bonds. The zero-order valence-corrected chi connectivity index (χ0v) is 11.6. The molecule has 0 saturated heterocycles. The molecular weight excluding hydrogens is 260 g/mol. The average molecular weight is 278 g/mol. The van der Waals surface area contributed by atoms with Gasteiger partial charge in [-0.2, -0.15) is 0 Å². The Hall–Kier alpha value is -2.55. The lowest BCUT2D eigenvalue weighted by Gasteiger charge is -2.18. The van der Waals surface area contributed by atoms with Crippen LogP contribution < -0.4 is 4.74 Å². The van der Waals surface area contributed by atoms with Crippen LogP contribution in [0.15, 0.2) is 60.9 Å². The van der Waals surface area contributed by atoms with Gasteiger partial charge < -0.3 is 9.72 Å². The van der Waals surface area contributed by atoms with E-state index < -0.39 is 0 Å². The van der Waals surface area contributed by atoms with Crippen molar-refractivity contribution in [3.63, 3.8) is 0 Å². The summed E-state index contributed by atoms with van der Waals surface area (Å²) >= 11 is 0. The first kappa shape index (κ1) is 12.2. The van der Waals surface area contributed by atoms with Gasteiger partial charge in [-0.3, -0.25) is 4.98 Å². The lowest BCUT2D eigenvalue weighted by atomic mass is 9.90. The Morgan fingerprint density at radius 2 is 2.10 bits per heavy atom. The molecule has 3 heterocycles. The smallest absolute Gasteiger partial charge is 0.126 e. The van der Waals surface area contributed by atoms with Crippen LogP contribution in [-0.4, -0.2) is 16.6 Å². The van der Waals surface area contributed by atoms with Crippen molar-refractivity contribution >= 4 is 0 Å². The van der Waals surface area contributed by atoms with E-state index in [9.17, 15) is 0 Å². The van der Waals surface area contributed by atoms with Crippen molar-refractivity contribution in [2.24, 2.45) is 0 Å². The third kappa shape index (κ3) is 2.11. The molecule has 3 aromatic rings. The van der Waals surface area contributed by atoms with Gasteiger partial charge in [0.2, 0.25) is 0 Å². The highest BCUT2D eigenvalue weighted by atomic mass is 16.5. The number of aromatic amines is 1. The number of hydrogen-bond acceptors (Lipinski definition) is 2. The molecular formula is C18H18N2O. The largest absolute Gasteiger partial charge is 0.493 e. The summed E-state index contributed by atoms with van der Waals surface area (Å²) in [5.41, 5.74) is 4.65. The highest BCUT2D eigenvalue weighted by Gasteiger charge is 2.26. The number of para-hydroxylation sites is 1. The van der Waals surface area contributed by atoms with E-state index in [1.165, 1.54) is 11.1 Å². The van der Waals surface area contributed by atoms with Gasteiger partial charge in [-0.15, -0.1) is 0 Å². The highest BCUT2D eigenvalue weighted by molar-refractivity contribution is 5.51. The van der Waals surface area contributed by atoms with Gasteiger partial charge in [-0.05, 0) is 29.8 Å². The minimum atomic E-state index is 0. The van der Waals surface area contributed by atoms with E-state index >= 15 is 0 Å². The van der Waals surface area contributed by atoms with Crippen LogP contribution in [-0.2, 0) is 6.42 Å². The van der Waals surface area contributed by atoms with Crippen molar-refractivity contribution < 1.29 is 6.16 Å². The Labute approximate surface area is 125 Å². The Balaban J connectivity index is 0.00000144. The number of fused-ring (bicyclic) bond motifs is 1. The topological polar surface area (TPSA) is 37.9 Å². The number of nitrogens with zero attached hydrogens (tertiary/aromatic N) is 1. The predicted octanol–water partition coefficient (Wildman–Crippen LogP) is 3.77. The fraction of sp³-hybridized carbons (Fsp3) is 0.167. The summed E-state index contributed by atoms with van der Waals surface area (Å²) in [4.78, 5) is 7.89. The number of ether oxygens (including phenoxy) is 1. The molecule has 0 saturated carbocycles. The summed E-state index contributed by atoms with van der Waals surface area (Å²) in [5, 5.41) is 0. The van der Waals surface area contributed by atoms with Crippen LogP contribution in [0.3, 0.4) is 0 Å². The van der Waals surface area contributed by atoms with E-state index in [4.69, 9.17) is 4.74 Å². The van der Waals surface area contributed by atoms with Gasteiger partial charge >= 0.3 is 0 Å². The maximum atomic E-state index is 5.89. The maximum absolute atomic E-state index is 5.89. The second-order valence-electron chi connectivity index (χ2n) is 5.25. The minimum Gasteiger partial charge on any atom is -0.493 e. The number of H-pyrrole nitrogens is 1. The number of nitrogens with one attached hydrogen (secondary N) is 1. The summed E-state index contributed by atoms with van der Waals surface area (Å²) in [6.45, 7) is 0.770. The van der Waals surface area contributed by atoms with E-state index in [-0.39, 0.29) is 7.34 Å². The molecule has 0 aliphatic carbocycles. The Morgan fingerprint density at radius 1 is 1.10 bits per heavy atom. The highest BCUT2D eigenvalue weighted by Crippen LogP contribution is 2.39. The molecule has 106 valence electrons. The Bertz CT molecular complexity index is 741. The molecule has 0 spiro atoms. The van der Waals surface area contributed by atoms with Gasteiger partial charge in [0.15, 0.2) is 0 Å². The van der Waals surface area contributed by atoms with Crippen LogP contribution in [0.4, 0.5) is 0 Å². The van der Waals surface area contributed by atoms with Crippen molar-refractivity contribution in [3.8, 4) is 5.75 Å². The van der Waals surface area contributed by atoms with Gasteiger partial charge in [0.1, 0.15) is 5.75 Å². The van der Waals surface area contributed by atoms with Gasteiger partial charge in [0.25, 0.3) is 0 Å². The van der Waals surface area contributed by atoms with Crippen molar-refractivity contribution in [1.82, 2.24) is 9.97 Å². The lowest BCUT2D eigenvalue weighted by molar-refractivity contribution is 0.353. The molecule has 21 heavy (non-hydrogen) atoms. The molecule has 0 fully saturated rings. The summed E-state index contributed by atoms with van der Waals surface area (Å²) in [5.74, 6) is 1.11. The first-order valence-corrected chi connectivity index (χ1v) is 7.22. The van der Waals surface area contributed by atoms with Crippen LogP contribution in [0.25, 0.3) is 0 Å². The first-order valence-electron chi connectivity index (χ1n) is 7.22. The summed E-state index contributed by atoms with van der Waals surface area (Å²) in [6.07, 6.45) is 4.79. The van der Waals surface area contributed by atoms with Crippen LogP contribution >= 0.6 is 0 Å². The van der Waals surface area contributed by atoms with Crippen LogP contribution in [0.5, 0.6) is 5.75 Å². The van der Waals surface area contributed by atoms with Gasteiger partial charge in [0, 0.05) is 31.5 Å². The van der Waals surface area contributed by atoms with E-state index in [0.717, 1.165) is 30.2 Å². The number of rotatable bonds is 3. The predicted molar refractivity (Wildman–Crippen MR) is 83.7 cm³/mol. The van der Waals surface area contributed by atoms with Crippen molar-refractivity contribution in [2.45, 2.75) is 12.3 Å². The summed E-state index contributed by atoms with van der Waals surface area (Å²) in [7, 11) is 0. The fourth-order valence-electron chi connectivity index (χ4n) is 3.02. The van der Waals surface area contributed by atoms with E-state index in [1.54, 1.807) is 0 Å². The monoisotopic (exact) mass is 278 g/mol. The van der Waals surface area contributed by atoms with Crippen LogP contribution in [0.2, 0.25) is 0 Å². The maximum Gasteiger partial charge on any atom is 0.126 e. The van der Waals surface area contributed by atoms with Crippen molar-refractivity contribution in [3.05, 3.63) is 83.4 Å². The normalized spacial score (nSPS) is 14.5. The molecule has 0 bridgehead atoms. The lowest BCUT2D eigenvalue weighted by Crippen LogP contribution is -2.07. The SMILES string of the molecule is [HH].c1ccc(C(c2ccc[nH]2)c2cccc3c2OCC3)nc1. The molecule has 0 radical (unpaired) electrons. The van der Waals surface area contributed by atoms with E-state index in [2.05, 4.69) is 40.3 Å². The third-order valence-corrected chi connectivity index (χ3v) is 3.97. The molecule has 1 N–H and O–H groups in total. The molecule has 3 heteroatoms. The Morgan fingerprint density at radius 3 is 2.90 bits per heavy atom. The number of benzene rings is 1. The quantitative estimate of drug-likeness (QED) is 0.792. The second kappa shape index (κ2) is 5.09. The summed E-state index contributed by atoms with van der Waals surface area (Å²) in [6, 6.07) is 16.6. The zero-order valence-electron chi connectivity index (χ0n) is 11.6. The molecule has 4 rings (SSSR count).